The lowest BCUT2D eigenvalue weighted by atomic mass is 10.2. The van der Waals surface area contributed by atoms with Crippen LogP contribution < -0.4 is 4.74 Å². The number of rotatable bonds is 2. The molecule has 0 unspecified atom stereocenters. The number of benzene rings is 1. The van der Waals surface area contributed by atoms with Crippen LogP contribution in [0.1, 0.15) is 13.8 Å². The highest BCUT2D eigenvalue weighted by atomic mass is 16.5. The normalized spacial score (nSPS) is 11.0. The average Bonchev–Trinajstić information content (AvgIpc) is 2.48. The first-order valence-corrected chi connectivity index (χ1v) is 4.50. The maximum atomic E-state index is 5.64. The van der Waals surface area contributed by atoms with Gasteiger partial charge in [-0.05, 0) is 26.0 Å². The first-order chi connectivity index (χ1) is 6.27. The molecular weight excluding hydrogens is 162 g/mol. The lowest BCUT2D eigenvalue weighted by Crippen LogP contribution is -2.04. The fraction of sp³-hybridized carbons (Fsp3) is 0.273. The number of para-hydroxylation sites is 1. The maximum absolute atomic E-state index is 5.64. The Morgan fingerprint density at radius 1 is 1.23 bits per heavy atom. The highest BCUT2D eigenvalue weighted by molar-refractivity contribution is 5.85. The van der Waals surface area contributed by atoms with Gasteiger partial charge < -0.3 is 9.72 Å². The van der Waals surface area contributed by atoms with Gasteiger partial charge in [-0.2, -0.15) is 0 Å². The van der Waals surface area contributed by atoms with Crippen LogP contribution in [-0.2, 0) is 0 Å². The fourth-order valence-corrected chi connectivity index (χ4v) is 1.40. The van der Waals surface area contributed by atoms with Gasteiger partial charge in [0.25, 0.3) is 0 Å². The molecule has 0 atom stereocenters. The minimum Gasteiger partial charge on any atom is -0.489 e. The summed E-state index contributed by atoms with van der Waals surface area (Å²) >= 11 is 0. The Balaban J connectivity index is 2.46. The van der Waals surface area contributed by atoms with E-state index in [2.05, 4.69) is 11.1 Å². The lowest BCUT2D eigenvalue weighted by molar-refractivity contribution is 0.245. The molecule has 1 aromatic carbocycles. The van der Waals surface area contributed by atoms with Crippen molar-refractivity contribution in [1.29, 1.82) is 0 Å². The molecule has 13 heavy (non-hydrogen) atoms. The van der Waals surface area contributed by atoms with Crippen LogP contribution >= 0.6 is 0 Å². The highest BCUT2D eigenvalue weighted by Crippen LogP contribution is 2.25. The molecule has 1 heterocycles. The third kappa shape index (κ3) is 1.52. The van der Waals surface area contributed by atoms with Gasteiger partial charge in [0.15, 0.2) is 0 Å². The van der Waals surface area contributed by atoms with E-state index >= 15 is 0 Å². The molecule has 0 fully saturated rings. The van der Waals surface area contributed by atoms with Crippen molar-refractivity contribution in [3.8, 4) is 5.75 Å². The number of aromatic nitrogens is 1. The van der Waals surface area contributed by atoms with Crippen molar-refractivity contribution in [3.63, 3.8) is 0 Å². The van der Waals surface area contributed by atoms with Gasteiger partial charge in [-0.25, -0.2) is 0 Å². The smallest absolute Gasteiger partial charge is 0.144 e. The first kappa shape index (κ1) is 8.17. The van der Waals surface area contributed by atoms with Crippen LogP contribution in [0.4, 0.5) is 0 Å². The maximum Gasteiger partial charge on any atom is 0.144 e. The minimum absolute atomic E-state index is 0.221. The zero-order valence-electron chi connectivity index (χ0n) is 7.87. The topological polar surface area (TPSA) is 25.0 Å². The Hall–Kier alpha value is -1.44. The zero-order valence-corrected chi connectivity index (χ0v) is 7.87. The van der Waals surface area contributed by atoms with Gasteiger partial charge in [0, 0.05) is 17.1 Å². The van der Waals surface area contributed by atoms with Crippen molar-refractivity contribution in [3.05, 3.63) is 30.5 Å². The summed E-state index contributed by atoms with van der Waals surface area (Å²) in [6.45, 7) is 4.06. The van der Waals surface area contributed by atoms with E-state index in [0.717, 1.165) is 16.7 Å². The number of hydrogen-bond acceptors (Lipinski definition) is 1. The minimum atomic E-state index is 0.221. The molecule has 1 N–H and O–H groups in total. The Morgan fingerprint density at radius 3 is 2.77 bits per heavy atom. The number of aromatic amines is 1. The quantitative estimate of drug-likeness (QED) is 0.745. The Bertz CT molecular complexity index is 403. The summed E-state index contributed by atoms with van der Waals surface area (Å²) in [5.74, 6) is 0.936. The predicted molar refractivity (Wildman–Crippen MR) is 54.1 cm³/mol. The number of hydrogen-bond donors (Lipinski definition) is 1. The molecule has 68 valence electrons. The van der Waals surface area contributed by atoms with Crippen molar-refractivity contribution in [2.75, 3.05) is 0 Å². The molecule has 0 spiro atoms. The molecule has 2 rings (SSSR count). The van der Waals surface area contributed by atoms with Crippen LogP contribution in [0.3, 0.4) is 0 Å². The van der Waals surface area contributed by atoms with Gasteiger partial charge in [0.2, 0.25) is 0 Å². The molecule has 2 heteroatoms. The van der Waals surface area contributed by atoms with Crippen molar-refractivity contribution in [2.24, 2.45) is 0 Å². The van der Waals surface area contributed by atoms with E-state index in [1.807, 2.05) is 38.2 Å². The second kappa shape index (κ2) is 3.13. The van der Waals surface area contributed by atoms with E-state index in [0.29, 0.717) is 0 Å². The number of nitrogens with one attached hydrogen (secondary N) is 1. The summed E-state index contributed by atoms with van der Waals surface area (Å²) in [4.78, 5) is 3.17. The number of fused-ring (bicyclic) bond motifs is 1. The second-order valence-corrected chi connectivity index (χ2v) is 3.37. The Labute approximate surface area is 77.5 Å². The van der Waals surface area contributed by atoms with Crippen LogP contribution in [0.25, 0.3) is 10.9 Å². The third-order valence-corrected chi connectivity index (χ3v) is 1.91. The molecule has 1 aromatic heterocycles. The van der Waals surface area contributed by atoms with Crippen LogP contribution in [0, 0.1) is 0 Å². The van der Waals surface area contributed by atoms with Crippen molar-refractivity contribution in [2.45, 2.75) is 20.0 Å². The van der Waals surface area contributed by atoms with E-state index in [9.17, 15) is 0 Å². The monoisotopic (exact) mass is 175 g/mol. The predicted octanol–water partition coefficient (Wildman–Crippen LogP) is 2.96. The van der Waals surface area contributed by atoms with Crippen molar-refractivity contribution in [1.82, 2.24) is 4.98 Å². The van der Waals surface area contributed by atoms with Gasteiger partial charge in [0.05, 0.1) is 6.10 Å². The number of H-pyrrole nitrogens is 1. The Kier molecular flexibility index (Phi) is 1.97. The molecule has 2 nitrogen and oxygen atoms in total. The van der Waals surface area contributed by atoms with Gasteiger partial charge >= 0.3 is 0 Å². The third-order valence-electron chi connectivity index (χ3n) is 1.91. The van der Waals surface area contributed by atoms with Crippen LogP contribution in [0.15, 0.2) is 30.5 Å². The second-order valence-electron chi connectivity index (χ2n) is 3.37. The van der Waals surface area contributed by atoms with E-state index < -0.39 is 0 Å². The van der Waals surface area contributed by atoms with Gasteiger partial charge in [-0.3, -0.25) is 0 Å². The van der Waals surface area contributed by atoms with Gasteiger partial charge in [-0.1, -0.05) is 12.1 Å². The molecule has 2 aromatic rings. The standard InChI is InChI=1S/C11H13NO/c1-8(2)13-11-7-12-10-6-4-3-5-9(10)11/h3-8,12H,1-2H3. The Morgan fingerprint density at radius 2 is 2.00 bits per heavy atom. The summed E-state index contributed by atoms with van der Waals surface area (Å²) in [7, 11) is 0. The van der Waals surface area contributed by atoms with Crippen molar-refractivity contribution < 1.29 is 4.74 Å². The molecule has 0 bridgehead atoms. The SMILES string of the molecule is CC(C)Oc1c[nH]c2ccccc12. The molecule has 0 aliphatic heterocycles. The summed E-state index contributed by atoms with van der Waals surface area (Å²) in [6.07, 6.45) is 2.13. The van der Waals surface area contributed by atoms with Gasteiger partial charge in [0.1, 0.15) is 5.75 Å². The average molecular weight is 175 g/mol. The zero-order chi connectivity index (χ0) is 9.26. The summed E-state index contributed by atoms with van der Waals surface area (Å²) in [5.41, 5.74) is 1.12. The summed E-state index contributed by atoms with van der Waals surface area (Å²) in [5, 5.41) is 1.15. The summed E-state index contributed by atoms with van der Waals surface area (Å²) in [6, 6.07) is 8.13. The number of ether oxygens (including phenoxy) is 1. The van der Waals surface area contributed by atoms with Crippen LogP contribution in [0.2, 0.25) is 0 Å². The molecule has 0 saturated carbocycles. The molecule has 0 amide bonds. The van der Waals surface area contributed by atoms with E-state index in [1.165, 1.54) is 0 Å². The molecule has 0 radical (unpaired) electrons. The molecule has 0 aliphatic carbocycles. The fourth-order valence-electron chi connectivity index (χ4n) is 1.40. The van der Waals surface area contributed by atoms with Crippen LogP contribution in [-0.4, -0.2) is 11.1 Å². The summed E-state index contributed by atoms with van der Waals surface area (Å²) < 4.78 is 5.64. The van der Waals surface area contributed by atoms with E-state index in [-0.39, 0.29) is 6.10 Å². The largest absolute Gasteiger partial charge is 0.489 e. The van der Waals surface area contributed by atoms with E-state index in [1.54, 1.807) is 0 Å². The molecule has 0 saturated heterocycles. The van der Waals surface area contributed by atoms with Crippen molar-refractivity contribution >= 4 is 10.9 Å². The first-order valence-electron chi connectivity index (χ1n) is 4.50. The lowest BCUT2D eigenvalue weighted by Gasteiger charge is -2.07. The van der Waals surface area contributed by atoms with Crippen LogP contribution in [0.5, 0.6) is 5.75 Å². The molecular formula is C11H13NO. The molecule has 0 aliphatic rings. The van der Waals surface area contributed by atoms with E-state index in [4.69, 9.17) is 4.74 Å². The highest BCUT2D eigenvalue weighted by Gasteiger charge is 2.04. The van der Waals surface area contributed by atoms with Gasteiger partial charge in [-0.15, -0.1) is 0 Å².